The molecule has 8 heavy (non-hydrogen) atoms. The van der Waals surface area contributed by atoms with Crippen molar-refractivity contribution in [2.75, 3.05) is 26.6 Å². The smallest absolute Gasteiger partial charge is 0.136 e. The molecule has 0 N–H and O–H groups in total. The third-order valence-corrected chi connectivity index (χ3v) is 1.64. The van der Waals surface area contributed by atoms with Crippen LogP contribution in [0.1, 0.15) is 13.3 Å². The summed E-state index contributed by atoms with van der Waals surface area (Å²) in [5, 5.41) is 0. The lowest BCUT2D eigenvalue weighted by Gasteiger charge is -2.09. The van der Waals surface area contributed by atoms with Gasteiger partial charge in [-0.2, -0.15) is 0 Å². The highest BCUT2D eigenvalue weighted by Gasteiger charge is 2.16. The zero-order chi connectivity index (χ0) is 6.62. The van der Waals surface area contributed by atoms with E-state index in [2.05, 4.69) is 26.9 Å². The van der Waals surface area contributed by atoms with E-state index in [0.29, 0.717) is 0 Å². The molecule has 0 unspecified atom stereocenters. The van der Waals surface area contributed by atoms with Crippen molar-refractivity contribution in [1.29, 1.82) is 0 Å². The zero-order valence-electron chi connectivity index (χ0n) is 6.27. The van der Waals surface area contributed by atoms with Crippen LogP contribution in [0.25, 0.3) is 0 Å². The van der Waals surface area contributed by atoms with Crippen LogP contribution in [-0.2, 0) is 4.52 Å². The van der Waals surface area contributed by atoms with Crippen LogP contribution in [-0.4, -0.2) is 26.6 Å². The van der Waals surface area contributed by atoms with Gasteiger partial charge in [-0.25, -0.2) is 4.52 Å². The van der Waals surface area contributed by atoms with Crippen molar-refractivity contribution >= 4 is 7.49 Å². The Hall–Kier alpha value is 0.390. The topological polar surface area (TPSA) is 9.23 Å². The molecule has 0 aliphatic carbocycles. The van der Waals surface area contributed by atoms with Crippen molar-refractivity contribution in [3.63, 3.8) is 0 Å². The highest BCUT2D eigenvalue weighted by molar-refractivity contribution is 7.69. The molecule has 0 atom stereocenters. The van der Waals surface area contributed by atoms with Crippen molar-refractivity contribution in [2.45, 2.75) is 13.3 Å². The second-order valence-corrected chi connectivity index (χ2v) is 6.76. The summed E-state index contributed by atoms with van der Waals surface area (Å²) in [6.45, 7) is 9.61. The van der Waals surface area contributed by atoms with Crippen LogP contribution in [0.4, 0.5) is 0 Å². The van der Waals surface area contributed by atoms with E-state index in [0.717, 1.165) is 13.0 Å². The van der Waals surface area contributed by atoms with Crippen LogP contribution in [0.15, 0.2) is 0 Å². The highest BCUT2D eigenvalue weighted by atomic mass is 31.2. The summed E-state index contributed by atoms with van der Waals surface area (Å²) in [7, 11) is -0.932. The van der Waals surface area contributed by atoms with Crippen LogP contribution in [0.3, 0.4) is 0 Å². The Kier molecular flexibility index (Phi) is 3.59. The van der Waals surface area contributed by atoms with Gasteiger partial charge < -0.3 is 0 Å². The molecule has 0 saturated heterocycles. The molecular formula is C6H16OP+. The summed E-state index contributed by atoms with van der Waals surface area (Å²) in [5.41, 5.74) is 0. The van der Waals surface area contributed by atoms with Crippen LogP contribution < -0.4 is 0 Å². The molecule has 2 heteroatoms. The van der Waals surface area contributed by atoms with Gasteiger partial charge in [-0.1, -0.05) is 6.92 Å². The first-order valence-corrected chi connectivity index (χ1v) is 6.07. The van der Waals surface area contributed by atoms with Gasteiger partial charge in [-0.05, 0) is 6.42 Å². The Balaban J connectivity index is 3.11. The largest absolute Gasteiger partial charge is 0.239 e. The molecule has 1 nitrogen and oxygen atoms in total. The molecule has 0 bridgehead atoms. The summed E-state index contributed by atoms with van der Waals surface area (Å²) in [5.74, 6) is 0. The third-order valence-electron chi connectivity index (χ3n) is 0.683. The SMILES string of the molecule is CCCO[P+](C)(C)C. The molecule has 0 rings (SSSR count). The first-order chi connectivity index (χ1) is 3.56. The molecule has 0 aliphatic rings. The average Bonchev–Trinajstić information content (AvgIpc) is 1.59. The third kappa shape index (κ3) is 6.39. The second kappa shape index (κ2) is 3.42. The molecule has 0 aromatic rings. The van der Waals surface area contributed by atoms with Gasteiger partial charge >= 0.3 is 0 Å². The Labute approximate surface area is 52.8 Å². The van der Waals surface area contributed by atoms with Gasteiger partial charge in [-0.15, -0.1) is 0 Å². The van der Waals surface area contributed by atoms with Crippen LogP contribution in [0, 0.1) is 0 Å². The predicted octanol–water partition coefficient (Wildman–Crippen LogP) is 2.24. The molecule has 0 spiro atoms. The summed E-state index contributed by atoms with van der Waals surface area (Å²) < 4.78 is 5.49. The van der Waals surface area contributed by atoms with Gasteiger partial charge in [0.2, 0.25) is 0 Å². The van der Waals surface area contributed by atoms with E-state index in [9.17, 15) is 0 Å². The van der Waals surface area contributed by atoms with Crippen LogP contribution >= 0.6 is 7.49 Å². The van der Waals surface area contributed by atoms with Crippen molar-refractivity contribution in [3.05, 3.63) is 0 Å². The molecule has 0 aromatic heterocycles. The van der Waals surface area contributed by atoms with Crippen LogP contribution in [0.5, 0.6) is 0 Å². The fraction of sp³-hybridized carbons (Fsp3) is 1.00. The standard InChI is InChI=1S/C6H16OP/c1-5-6-7-8(2,3)4/h5-6H2,1-4H3/q+1. The highest BCUT2D eigenvalue weighted by Crippen LogP contribution is 2.47. The minimum absolute atomic E-state index is 0.928. The first kappa shape index (κ1) is 8.39. The summed E-state index contributed by atoms with van der Waals surface area (Å²) in [4.78, 5) is 0. The second-order valence-electron chi connectivity index (χ2n) is 2.72. The molecule has 0 radical (unpaired) electrons. The maximum Gasteiger partial charge on any atom is 0.136 e. The number of hydrogen-bond donors (Lipinski definition) is 0. The lowest BCUT2D eigenvalue weighted by molar-refractivity contribution is 0.347. The normalized spacial score (nSPS) is 12.0. The fourth-order valence-corrected chi connectivity index (χ4v) is 1.10. The Morgan fingerprint density at radius 3 is 1.88 bits per heavy atom. The quantitative estimate of drug-likeness (QED) is 0.539. The lowest BCUT2D eigenvalue weighted by atomic mass is 10.5. The van der Waals surface area contributed by atoms with E-state index in [1.807, 2.05) is 0 Å². The van der Waals surface area contributed by atoms with Gasteiger partial charge in [0, 0.05) is 0 Å². The summed E-state index contributed by atoms with van der Waals surface area (Å²) in [6, 6.07) is 0. The van der Waals surface area contributed by atoms with Gasteiger partial charge in [0.05, 0.1) is 26.6 Å². The summed E-state index contributed by atoms with van der Waals surface area (Å²) in [6.07, 6.45) is 1.14. The predicted molar refractivity (Wildman–Crippen MR) is 40.9 cm³/mol. The van der Waals surface area contributed by atoms with E-state index in [1.165, 1.54) is 0 Å². The average molecular weight is 135 g/mol. The Morgan fingerprint density at radius 1 is 1.25 bits per heavy atom. The van der Waals surface area contributed by atoms with E-state index in [1.54, 1.807) is 0 Å². The van der Waals surface area contributed by atoms with Gasteiger partial charge in [-0.3, -0.25) is 0 Å². The Morgan fingerprint density at radius 2 is 1.75 bits per heavy atom. The lowest BCUT2D eigenvalue weighted by Crippen LogP contribution is -1.93. The van der Waals surface area contributed by atoms with E-state index in [-0.39, 0.29) is 0 Å². The monoisotopic (exact) mass is 135 g/mol. The summed E-state index contributed by atoms with van der Waals surface area (Å²) >= 11 is 0. The molecule has 0 amide bonds. The molecular weight excluding hydrogens is 119 g/mol. The van der Waals surface area contributed by atoms with Crippen molar-refractivity contribution in [2.24, 2.45) is 0 Å². The molecule has 0 heterocycles. The van der Waals surface area contributed by atoms with E-state index < -0.39 is 7.49 Å². The maximum absolute atomic E-state index is 5.49. The van der Waals surface area contributed by atoms with E-state index >= 15 is 0 Å². The first-order valence-electron chi connectivity index (χ1n) is 3.02. The minimum atomic E-state index is -0.932. The van der Waals surface area contributed by atoms with Gasteiger partial charge in [0.25, 0.3) is 0 Å². The molecule has 0 aliphatic heterocycles. The number of hydrogen-bond acceptors (Lipinski definition) is 1. The number of rotatable bonds is 3. The van der Waals surface area contributed by atoms with Gasteiger partial charge in [0.15, 0.2) is 0 Å². The van der Waals surface area contributed by atoms with Crippen LogP contribution in [0.2, 0.25) is 0 Å². The molecule has 0 aromatic carbocycles. The zero-order valence-corrected chi connectivity index (χ0v) is 7.16. The Bertz CT molecular complexity index is 56.0. The maximum atomic E-state index is 5.49. The van der Waals surface area contributed by atoms with Crippen molar-refractivity contribution in [3.8, 4) is 0 Å². The molecule has 0 saturated carbocycles. The fourth-order valence-electron chi connectivity index (χ4n) is 0.365. The van der Waals surface area contributed by atoms with Gasteiger partial charge in [0.1, 0.15) is 7.49 Å². The van der Waals surface area contributed by atoms with Crippen molar-refractivity contribution in [1.82, 2.24) is 0 Å². The minimum Gasteiger partial charge on any atom is -0.239 e. The van der Waals surface area contributed by atoms with E-state index in [4.69, 9.17) is 4.52 Å². The van der Waals surface area contributed by atoms with Crippen molar-refractivity contribution < 1.29 is 4.52 Å². The molecule has 50 valence electrons. The molecule has 0 fully saturated rings.